The van der Waals surface area contributed by atoms with Gasteiger partial charge in [-0.15, -0.1) is 11.3 Å². The zero-order valence-electron chi connectivity index (χ0n) is 11.8. The maximum atomic E-state index is 8.72. The van der Waals surface area contributed by atoms with Gasteiger partial charge in [-0.1, -0.05) is 11.8 Å². The van der Waals surface area contributed by atoms with Crippen LogP contribution in [0, 0.1) is 17.3 Å². The van der Waals surface area contributed by atoms with Crippen LogP contribution < -0.4 is 5.32 Å². The number of aliphatic hydroxyl groups excluding tert-OH is 1. The van der Waals surface area contributed by atoms with Gasteiger partial charge in [0.2, 0.25) is 0 Å². The molecule has 20 heavy (non-hydrogen) atoms. The Hall–Kier alpha value is -0.860. The van der Waals surface area contributed by atoms with Gasteiger partial charge in [0.05, 0.1) is 0 Å². The maximum absolute atomic E-state index is 8.72. The van der Waals surface area contributed by atoms with Crippen LogP contribution in [-0.4, -0.2) is 42.8 Å². The summed E-state index contributed by atoms with van der Waals surface area (Å²) in [6, 6.07) is 2.16. The molecule has 0 saturated carbocycles. The average molecular weight is 290 g/mol. The summed E-state index contributed by atoms with van der Waals surface area (Å²) in [4.78, 5) is 3.97. The zero-order chi connectivity index (χ0) is 13.8. The van der Waals surface area contributed by atoms with Crippen molar-refractivity contribution in [3.63, 3.8) is 0 Å². The molecule has 0 radical (unpaired) electrons. The minimum atomic E-state index is -0.0627. The van der Waals surface area contributed by atoms with Crippen LogP contribution in [0.5, 0.6) is 0 Å². The van der Waals surface area contributed by atoms with Gasteiger partial charge in [0.15, 0.2) is 0 Å². The normalized spacial score (nSPS) is 26.6. The van der Waals surface area contributed by atoms with Gasteiger partial charge >= 0.3 is 0 Å². The highest BCUT2D eigenvalue weighted by Crippen LogP contribution is 2.37. The SMILES string of the molecule is OCC#Cc1csc(CN2CC[C@]3(CCCNC3)C2)c1. The van der Waals surface area contributed by atoms with Crippen LogP contribution in [0.15, 0.2) is 11.4 Å². The average Bonchev–Trinajstić information content (AvgIpc) is 3.06. The van der Waals surface area contributed by atoms with E-state index in [9.17, 15) is 0 Å². The topological polar surface area (TPSA) is 35.5 Å². The standard InChI is InChI=1S/C16H22N2OS/c19-8-1-3-14-9-15(20-11-14)10-18-7-5-16(13-18)4-2-6-17-12-16/h9,11,17,19H,2,4-8,10,12-13H2/t16-/m0/s1. The van der Waals surface area contributed by atoms with E-state index in [0.717, 1.165) is 12.1 Å². The molecule has 0 unspecified atom stereocenters. The van der Waals surface area contributed by atoms with Crippen molar-refractivity contribution in [3.05, 3.63) is 21.9 Å². The van der Waals surface area contributed by atoms with Crippen LogP contribution >= 0.6 is 11.3 Å². The zero-order valence-corrected chi connectivity index (χ0v) is 12.6. The smallest absolute Gasteiger partial charge is 0.104 e. The third-order valence-corrected chi connectivity index (χ3v) is 5.34. The van der Waals surface area contributed by atoms with Gasteiger partial charge in [-0.05, 0) is 43.8 Å². The second kappa shape index (κ2) is 6.28. The second-order valence-corrected chi connectivity index (χ2v) is 7.00. The van der Waals surface area contributed by atoms with Crippen LogP contribution in [0.2, 0.25) is 0 Å². The van der Waals surface area contributed by atoms with Crippen LogP contribution in [-0.2, 0) is 6.54 Å². The first kappa shape index (κ1) is 14.1. The summed E-state index contributed by atoms with van der Waals surface area (Å²) in [5, 5.41) is 14.4. The van der Waals surface area contributed by atoms with Gasteiger partial charge in [-0.2, -0.15) is 0 Å². The Morgan fingerprint density at radius 3 is 3.20 bits per heavy atom. The number of nitrogens with one attached hydrogen (secondary N) is 1. The molecule has 2 N–H and O–H groups in total. The number of hydrogen-bond donors (Lipinski definition) is 2. The Bertz CT molecular complexity index is 508. The molecule has 2 aliphatic rings. The fourth-order valence-electron chi connectivity index (χ4n) is 3.43. The van der Waals surface area contributed by atoms with E-state index in [2.05, 4.69) is 33.5 Å². The van der Waals surface area contributed by atoms with Gasteiger partial charge in [-0.3, -0.25) is 4.90 Å². The molecule has 1 aromatic rings. The fourth-order valence-corrected chi connectivity index (χ4v) is 4.29. The van der Waals surface area contributed by atoms with Crippen LogP contribution in [0.25, 0.3) is 0 Å². The molecule has 1 spiro atoms. The lowest BCUT2D eigenvalue weighted by atomic mass is 9.80. The first-order valence-electron chi connectivity index (χ1n) is 7.40. The summed E-state index contributed by atoms with van der Waals surface area (Å²) in [6.07, 6.45) is 4.05. The number of nitrogens with zero attached hydrogens (tertiary/aromatic N) is 1. The summed E-state index contributed by atoms with van der Waals surface area (Å²) in [5.74, 6) is 5.69. The molecule has 0 amide bonds. The molecular formula is C16H22N2OS. The largest absolute Gasteiger partial charge is 0.384 e. The molecule has 4 heteroatoms. The molecular weight excluding hydrogens is 268 g/mol. The van der Waals surface area contributed by atoms with Crippen molar-refractivity contribution in [1.29, 1.82) is 0 Å². The molecule has 0 bridgehead atoms. The van der Waals surface area contributed by atoms with Gasteiger partial charge in [0.1, 0.15) is 6.61 Å². The number of rotatable bonds is 2. The van der Waals surface area contributed by atoms with Gasteiger partial charge in [0.25, 0.3) is 0 Å². The van der Waals surface area contributed by atoms with Crippen molar-refractivity contribution in [2.24, 2.45) is 5.41 Å². The Balaban J connectivity index is 1.57. The maximum Gasteiger partial charge on any atom is 0.104 e. The molecule has 1 aromatic heterocycles. The lowest BCUT2D eigenvalue weighted by Gasteiger charge is -2.34. The summed E-state index contributed by atoms with van der Waals surface area (Å²) >= 11 is 1.78. The predicted molar refractivity (Wildman–Crippen MR) is 82.7 cm³/mol. The van der Waals surface area contributed by atoms with Gasteiger partial charge in [0, 0.05) is 35.5 Å². The molecule has 0 aliphatic carbocycles. The second-order valence-electron chi connectivity index (χ2n) is 6.00. The first-order valence-corrected chi connectivity index (χ1v) is 8.28. The highest BCUT2D eigenvalue weighted by atomic mass is 32.1. The third-order valence-electron chi connectivity index (χ3n) is 4.42. The molecule has 2 saturated heterocycles. The highest BCUT2D eigenvalue weighted by Gasteiger charge is 2.38. The van der Waals surface area contributed by atoms with Crippen LogP contribution in [0.3, 0.4) is 0 Å². The van der Waals surface area contributed by atoms with Crippen molar-refractivity contribution in [2.75, 3.05) is 32.8 Å². The fraction of sp³-hybridized carbons (Fsp3) is 0.625. The lowest BCUT2D eigenvalue weighted by molar-refractivity contribution is 0.200. The van der Waals surface area contributed by atoms with E-state index in [0.29, 0.717) is 5.41 Å². The van der Waals surface area contributed by atoms with Crippen LogP contribution in [0.1, 0.15) is 29.7 Å². The highest BCUT2D eigenvalue weighted by molar-refractivity contribution is 7.10. The van der Waals surface area contributed by atoms with E-state index in [1.54, 1.807) is 11.3 Å². The molecule has 1 atom stereocenters. The number of hydrogen-bond acceptors (Lipinski definition) is 4. The van der Waals surface area contributed by atoms with E-state index in [4.69, 9.17) is 5.11 Å². The van der Waals surface area contributed by atoms with E-state index in [1.807, 2.05) is 0 Å². The Morgan fingerprint density at radius 1 is 1.45 bits per heavy atom. The van der Waals surface area contributed by atoms with Gasteiger partial charge < -0.3 is 10.4 Å². The van der Waals surface area contributed by atoms with Crippen LogP contribution in [0.4, 0.5) is 0 Å². The molecule has 3 nitrogen and oxygen atoms in total. The van der Waals surface area contributed by atoms with Crippen molar-refractivity contribution in [1.82, 2.24) is 10.2 Å². The summed E-state index contributed by atoms with van der Waals surface area (Å²) in [6.45, 7) is 5.83. The van der Waals surface area contributed by atoms with E-state index < -0.39 is 0 Å². The Kier molecular flexibility index (Phi) is 4.42. The van der Waals surface area contributed by atoms with E-state index in [-0.39, 0.29) is 6.61 Å². The van der Waals surface area contributed by atoms with Crippen molar-refractivity contribution in [2.45, 2.75) is 25.8 Å². The molecule has 2 fully saturated rings. The summed E-state index contributed by atoms with van der Waals surface area (Å²) in [7, 11) is 0. The number of aliphatic hydroxyl groups is 1. The Labute approximate surface area is 125 Å². The quantitative estimate of drug-likeness (QED) is 0.813. The molecule has 0 aromatic carbocycles. The Morgan fingerprint density at radius 2 is 2.40 bits per heavy atom. The number of likely N-dealkylation sites (tertiary alicyclic amines) is 1. The van der Waals surface area contributed by atoms with E-state index >= 15 is 0 Å². The molecule has 2 aliphatic heterocycles. The lowest BCUT2D eigenvalue weighted by Crippen LogP contribution is -2.41. The molecule has 3 rings (SSSR count). The minimum absolute atomic E-state index is 0.0627. The van der Waals surface area contributed by atoms with Crippen molar-refractivity contribution in [3.8, 4) is 11.8 Å². The minimum Gasteiger partial charge on any atom is -0.384 e. The summed E-state index contributed by atoms with van der Waals surface area (Å²) < 4.78 is 0. The third kappa shape index (κ3) is 3.24. The summed E-state index contributed by atoms with van der Waals surface area (Å²) in [5.41, 5.74) is 1.57. The van der Waals surface area contributed by atoms with Gasteiger partial charge in [-0.25, -0.2) is 0 Å². The van der Waals surface area contributed by atoms with Crippen molar-refractivity contribution < 1.29 is 5.11 Å². The van der Waals surface area contributed by atoms with E-state index in [1.165, 1.54) is 50.3 Å². The molecule has 108 valence electrons. The predicted octanol–water partition coefficient (Wildman–Crippen LogP) is 1.67. The number of thiophene rings is 1. The number of piperidine rings is 1. The first-order chi connectivity index (χ1) is 9.80. The molecule has 3 heterocycles. The van der Waals surface area contributed by atoms with Crippen molar-refractivity contribution >= 4 is 11.3 Å². The monoisotopic (exact) mass is 290 g/mol.